The van der Waals surface area contributed by atoms with Crippen molar-refractivity contribution in [2.45, 2.75) is 44.2 Å². The fraction of sp³-hybridized carbons (Fsp3) is 0.750. The van der Waals surface area contributed by atoms with Gasteiger partial charge in [-0.1, -0.05) is 6.42 Å². The van der Waals surface area contributed by atoms with Gasteiger partial charge in [0.2, 0.25) is 5.91 Å². The zero-order valence-electron chi connectivity index (χ0n) is 11.1. The van der Waals surface area contributed by atoms with E-state index < -0.39 is 23.9 Å². The lowest BCUT2D eigenvalue weighted by Gasteiger charge is -2.31. The smallest absolute Gasteiger partial charge is 0.321 e. The first kappa shape index (κ1) is 16.7. The first-order chi connectivity index (χ1) is 9.06. The van der Waals surface area contributed by atoms with Crippen LogP contribution in [0.15, 0.2) is 0 Å². The Labute approximate surface area is 123 Å². The Morgan fingerprint density at radius 1 is 1.15 bits per heavy atom. The molecule has 1 unspecified atom stereocenters. The van der Waals surface area contributed by atoms with Crippen LogP contribution < -0.4 is 10.6 Å². The third-order valence-electron chi connectivity index (χ3n) is 3.41. The van der Waals surface area contributed by atoms with Crippen molar-refractivity contribution in [3.63, 3.8) is 0 Å². The summed E-state index contributed by atoms with van der Waals surface area (Å²) >= 11 is 0. The molecular formula is C12H20ClN3O4. The zero-order valence-corrected chi connectivity index (χ0v) is 11.9. The number of likely N-dealkylation sites (tertiary alicyclic amines) is 1. The second-order valence-electron chi connectivity index (χ2n) is 5.12. The summed E-state index contributed by atoms with van der Waals surface area (Å²) in [5.41, 5.74) is 0. The maximum atomic E-state index is 11.7. The van der Waals surface area contributed by atoms with Crippen molar-refractivity contribution < 1.29 is 19.5 Å². The van der Waals surface area contributed by atoms with Crippen LogP contribution in [-0.2, 0) is 9.59 Å². The lowest BCUT2D eigenvalue weighted by Crippen LogP contribution is -2.51. The molecule has 0 radical (unpaired) electrons. The molecule has 1 saturated carbocycles. The van der Waals surface area contributed by atoms with Gasteiger partial charge in [-0.25, -0.2) is 4.79 Å². The second-order valence-corrected chi connectivity index (χ2v) is 5.12. The first-order valence-corrected chi connectivity index (χ1v) is 6.63. The second kappa shape index (κ2) is 7.44. The first-order valence-electron chi connectivity index (χ1n) is 6.63. The summed E-state index contributed by atoms with van der Waals surface area (Å²) in [7, 11) is 0. The van der Waals surface area contributed by atoms with Gasteiger partial charge in [0.05, 0.1) is 6.54 Å². The topological polar surface area (TPSA) is 98.7 Å². The molecule has 3 N–H and O–H groups in total. The number of hydrogen-bond donors (Lipinski definition) is 3. The summed E-state index contributed by atoms with van der Waals surface area (Å²) < 4.78 is 0. The van der Waals surface area contributed by atoms with Gasteiger partial charge in [-0.2, -0.15) is 0 Å². The van der Waals surface area contributed by atoms with Crippen molar-refractivity contribution in [1.82, 2.24) is 15.5 Å². The van der Waals surface area contributed by atoms with Crippen LogP contribution in [0.1, 0.15) is 32.1 Å². The summed E-state index contributed by atoms with van der Waals surface area (Å²) in [6.45, 7) is 0.531. The van der Waals surface area contributed by atoms with Gasteiger partial charge in [-0.05, 0) is 32.2 Å². The number of rotatable bonds is 4. The highest BCUT2D eigenvalue weighted by atomic mass is 35.5. The molecule has 1 aliphatic carbocycles. The van der Waals surface area contributed by atoms with Gasteiger partial charge in [0.15, 0.2) is 0 Å². The van der Waals surface area contributed by atoms with Gasteiger partial charge in [0, 0.05) is 6.04 Å². The van der Waals surface area contributed by atoms with Crippen LogP contribution in [0.4, 0.5) is 4.79 Å². The minimum atomic E-state index is -0.907. The number of carboxylic acids is 1. The van der Waals surface area contributed by atoms with E-state index in [-0.39, 0.29) is 25.0 Å². The molecule has 0 aromatic carbocycles. The van der Waals surface area contributed by atoms with Crippen molar-refractivity contribution in [1.29, 1.82) is 0 Å². The SMILES string of the molecule is Cl.O=C(CN1CCCCC1C(=O)O)NC(=O)NC1CC1. The number of amides is 3. The molecule has 114 valence electrons. The van der Waals surface area contributed by atoms with Gasteiger partial charge in [0.25, 0.3) is 0 Å². The minimum absolute atomic E-state index is 0. The predicted octanol–water partition coefficient (Wildman–Crippen LogP) is 0.336. The fourth-order valence-electron chi connectivity index (χ4n) is 2.26. The maximum Gasteiger partial charge on any atom is 0.321 e. The number of hydrogen-bond acceptors (Lipinski definition) is 4. The Morgan fingerprint density at radius 3 is 2.45 bits per heavy atom. The highest BCUT2D eigenvalue weighted by Gasteiger charge is 2.30. The van der Waals surface area contributed by atoms with Gasteiger partial charge in [-0.3, -0.25) is 19.8 Å². The van der Waals surface area contributed by atoms with Crippen LogP contribution in [-0.4, -0.2) is 53.1 Å². The number of aliphatic carboxylic acids is 1. The van der Waals surface area contributed by atoms with Crippen molar-refractivity contribution in [2.24, 2.45) is 0 Å². The van der Waals surface area contributed by atoms with E-state index in [1.165, 1.54) is 0 Å². The molecule has 2 aliphatic rings. The largest absolute Gasteiger partial charge is 0.480 e. The number of halogens is 1. The molecule has 1 aliphatic heterocycles. The third-order valence-corrected chi connectivity index (χ3v) is 3.41. The standard InChI is InChI=1S/C12H19N3O4.ClH/c16-10(14-12(19)13-8-4-5-8)7-15-6-2-1-3-9(15)11(17)18;/h8-9H,1-7H2,(H,17,18)(H2,13,14,16,19);1H. The monoisotopic (exact) mass is 305 g/mol. The molecule has 20 heavy (non-hydrogen) atoms. The van der Waals surface area contributed by atoms with E-state index in [0.29, 0.717) is 13.0 Å². The Bertz CT molecular complexity index is 387. The van der Waals surface area contributed by atoms with E-state index in [2.05, 4.69) is 10.6 Å². The molecular weight excluding hydrogens is 286 g/mol. The summed E-state index contributed by atoms with van der Waals surface area (Å²) in [5, 5.41) is 14.0. The molecule has 0 aromatic heterocycles. The summed E-state index contributed by atoms with van der Waals surface area (Å²) in [6, 6.07) is -0.920. The summed E-state index contributed by atoms with van der Waals surface area (Å²) in [5.74, 6) is -1.36. The van der Waals surface area contributed by atoms with Crippen molar-refractivity contribution in [2.75, 3.05) is 13.1 Å². The average molecular weight is 306 g/mol. The molecule has 1 atom stereocenters. The summed E-state index contributed by atoms with van der Waals surface area (Å²) in [4.78, 5) is 35.8. The Hall–Kier alpha value is -1.34. The molecule has 2 rings (SSSR count). The highest BCUT2D eigenvalue weighted by Crippen LogP contribution is 2.18. The van der Waals surface area contributed by atoms with E-state index in [1.54, 1.807) is 4.90 Å². The fourth-order valence-corrected chi connectivity index (χ4v) is 2.26. The number of carboxylic acid groups (broad SMARTS) is 1. The van der Waals surface area contributed by atoms with Crippen LogP contribution in [0, 0.1) is 0 Å². The summed E-state index contributed by atoms with van der Waals surface area (Å²) in [6.07, 6.45) is 4.20. The number of carbonyl (C=O) groups excluding carboxylic acids is 2. The van der Waals surface area contributed by atoms with Gasteiger partial charge >= 0.3 is 12.0 Å². The number of piperidine rings is 1. The predicted molar refractivity (Wildman–Crippen MR) is 73.8 cm³/mol. The number of nitrogens with zero attached hydrogens (tertiary/aromatic N) is 1. The number of nitrogens with one attached hydrogen (secondary N) is 2. The molecule has 8 heteroatoms. The van der Waals surface area contributed by atoms with Crippen LogP contribution in [0.5, 0.6) is 0 Å². The van der Waals surface area contributed by atoms with Gasteiger partial charge in [-0.15, -0.1) is 12.4 Å². The molecule has 0 aromatic rings. The maximum absolute atomic E-state index is 11.7. The van der Waals surface area contributed by atoms with Crippen molar-refractivity contribution >= 4 is 30.3 Å². The van der Waals surface area contributed by atoms with Gasteiger partial charge < -0.3 is 10.4 Å². The molecule has 0 bridgehead atoms. The van der Waals surface area contributed by atoms with E-state index >= 15 is 0 Å². The molecule has 1 saturated heterocycles. The number of imide groups is 1. The average Bonchev–Trinajstić information content (AvgIpc) is 3.12. The zero-order chi connectivity index (χ0) is 13.8. The van der Waals surface area contributed by atoms with Gasteiger partial charge in [0.1, 0.15) is 6.04 Å². The van der Waals surface area contributed by atoms with E-state index in [1.807, 2.05) is 0 Å². The molecule has 1 heterocycles. The lowest BCUT2D eigenvalue weighted by atomic mass is 10.0. The molecule has 3 amide bonds. The normalized spacial score (nSPS) is 22.5. The van der Waals surface area contributed by atoms with E-state index in [0.717, 1.165) is 25.7 Å². The Morgan fingerprint density at radius 2 is 1.85 bits per heavy atom. The van der Waals surface area contributed by atoms with Crippen LogP contribution in [0.25, 0.3) is 0 Å². The number of carbonyl (C=O) groups is 3. The molecule has 2 fully saturated rings. The number of urea groups is 1. The lowest BCUT2D eigenvalue weighted by molar-refractivity contribution is -0.145. The quantitative estimate of drug-likeness (QED) is 0.695. The van der Waals surface area contributed by atoms with Crippen LogP contribution in [0.2, 0.25) is 0 Å². The minimum Gasteiger partial charge on any atom is -0.480 e. The van der Waals surface area contributed by atoms with Crippen molar-refractivity contribution in [3.8, 4) is 0 Å². The van der Waals surface area contributed by atoms with E-state index in [4.69, 9.17) is 5.11 Å². The Balaban J connectivity index is 0.00000200. The Kier molecular flexibility index (Phi) is 6.22. The molecule has 0 spiro atoms. The van der Waals surface area contributed by atoms with Crippen molar-refractivity contribution in [3.05, 3.63) is 0 Å². The third kappa shape index (κ3) is 4.97. The van der Waals surface area contributed by atoms with E-state index in [9.17, 15) is 14.4 Å². The highest BCUT2D eigenvalue weighted by molar-refractivity contribution is 5.95. The van der Waals surface area contributed by atoms with Crippen LogP contribution in [0.3, 0.4) is 0 Å². The molecule has 7 nitrogen and oxygen atoms in total. The van der Waals surface area contributed by atoms with Crippen LogP contribution >= 0.6 is 12.4 Å².